The molecule has 0 aromatic heterocycles. The molecule has 0 spiro atoms. The third-order valence-corrected chi connectivity index (χ3v) is 11.7. The molecule has 0 bridgehead atoms. The van der Waals surface area contributed by atoms with E-state index in [1.54, 1.807) is 0 Å². The maximum Gasteiger partial charge on any atom is 0.312 e. The lowest BCUT2D eigenvalue weighted by Crippen LogP contribution is -2.64. The minimum Gasteiger partial charge on any atom is -0.469 e. The molecule has 4 aliphatic carbocycles. The first-order valence-electron chi connectivity index (χ1n) is 13.9. The van der Waals surface area contributed by atoms with Crippen molar-refractivity contribution in [2.75, 3.05) is 7.11 Å². The van der Waals surface area contributed by atoms with E-state index >= 15 is 0 Å². The molecule has 0 aromatic carbocycles. The fourth-order valence-corrected chi connectivity index (χ4v) is 10.0. The number of rotatable bonds is 4. The zero-order valence-electron chi connectivity index (χ0n) is 23.4. The van der Waals surface area contributed by atoms with Crippen LogP contribution < -0.4 is 0 Å². The molecule has 0 aromatic rings. The van der Waals surface area contributed by atoms with Crippen LogP contribution in [-0.4, -0.2) is 25.1 Å². The maximum absolute atomic E-state index is 14.2. The SMILES string of the molecule is C/C=C\C1(C)C(C(C)(C)C=O)CCC2(C)C3CCC4(C(=O)OC)CCC(C)(C)CC4C3C(=O)CC12. The van der Waals surface area contributed by atoms with Crippen molar-refractivity contribution in [3.05, 3.63) is 12.2 Å². The molecular weight excluding hydrogens is 436 g/mol. The second-order valence-corrected chi connectivity index (χ2v) is 14.4. The third-order valence-electron chi connectivity index (χ3n) is 11.7. The Morgan fingerprint density at radius 3 is 2.31 bits per heavy atom. The summed E-state index contributed by atoms with van der Waals surface area (Å²) >= 11 is 0. The van der Waals surface area contributed by atoms with Crippen molar-refractivity contribution >= 4 is 18.0 Å². The van der Waals surface area contributed by atoms with Crippen molar-refractivity contribution in [1.29, 1.82) is 0 Å². The Morgan fingerprint density at radius 1 is 1.03 bits per heavy atom. The van der Waals surface area contributed by atoms with Crippen LogP contribution in [0.2, 0.25) is 0 Å². The number of fused-ring (bicyclic) bond motifs is 5. The maximum atomic E-state index is 14.2. The summed E-state index contributed by atoms with van der Waals surface area (Å²) in [7, 11) is 1.51. The van der Waals surface area contributed by atoms with E-state index in [1.807, 2.05) is 0 Å². The van der Waals surface area contributed by atoms with Gasteiger partial charge in [0.2, 0.25) is 0 Å². The predicted molar refractivity (Wildman–Crippen MR) is 138 cm³/mol. The quantitative estimate of drug-likeness (QED) is 0.250. The van der Waals surface area contributed by atoms with Crippen LogP contribution in [0.25, 0.3) is 0 Å². The molecule has 4 aliphatic rings. The molecule has 4 saturated carbocycles. The van der Waals surface area contributed by atoms with Gasteiger partial charge in [0.05, 0.1) is 12.5 Å². The number of ketones is 1. The van der Waals surface area contributed by atoms with E-state index in [2.05, 4.69) is 60.6 Å². The Morgan fingerprint density at radius 2 is 1.71 bits per heavy atom. The molecule has 0 radical (unpaired) electrons. The van der Waals surface area contributed by atoms with Gasteiger partial charge in [0, 0.05) is 17.8 Å². The summed E-state index contributed by atoms with van der Waals surface area (Å²) in [6.07, 6.45) is 12.7. The summed E-state index contributed by atoms with van der Waals surface area (Å²) in [6, 6.07) is 0. The fourth-order valence-electron chi connectivity index (χ4n) is 10.0. The minimum atomic E-state index is -0.506. The predicted octanol–water partition coefficient (Wildman–Crippen LogP) is 6.81. The van der Waals surface area contributed by atoms with Crippen LogP contribution in [0.3, 0.4) is 0 Å². The Labute approximate surface area is 213 Å². The van der Waals surface area contributed by atoms with Gasteiger partial charge in [-0.05, 0) is 91.8 Å². The minimum absolute atomic E-state index is 0.0200. The van der Waals surface area contributed by atoms with Gasteiger partial charge in [-0.2, -0.15) is 0 Å². The fraction of sp³-hybridized carbons (Fsp3) is 0.839. The summed E-state index contributed by atoms with van der Waals surface area (Å²) in [6.45, 7) is 15.5. The first-order valence-corrected chi connectivity index (χ1v) is 13.9. The van der Waals surface area contributed by atoms with Crippen LogP contribution in [-0.2, 0) is 19.1 Å². The molecule has 8 unspecified atom stereocenters. The molecule has 0 heterocycles. The first-order chi connectivity index (χ1) is 16.2. The zero-order chi connectivity index (χ0) is 26.0. The number of methoxy groups -OCH3 is 1. The van der Waals surface area contributed by atoms with Gasteiger partial charge in [-0.3, -0.25) is 9.59 Å². The average Bonchev–Trinajstić information content (AvgIpc) is 2.79. The topological polar surface area (TPSA) is 60.4 Å². The molecule has 4 fully saturated rings. The number of hydrogen-bond acceptors (Lipinski definition) is 4. The van der Waals surface area contributed by atoms with Crippen LogP contribution in [0, 0.1) is 56.7 Å². The van der Waals surface area contributed by atoms with Gasteiger partial charge >= 0.3 is 5.97 Å². The van der Waals surface area contributed by atoms with E-state index in [4.69, 9.17) is 4.74 Å². The van der Waals surface area contributed by atoms with Crippen molar-refractivity contribution in [2.45, 2.75) is 99.8 Å². The lowest BCUT2D eigenvalue weighted by Gasteiger charge is -2.67. The highest BCUT2D eigenvalue weighted by Gasteiger charge is 2.68. The number of ether oxygens (including phenoxy) is 1. The number of aldehydes is 1. The van der Waals surface area contributed by atoms with Crippen molar-refractivity contribution in [3.63, 3.8) is 0 Å². The summed E-state index contributed by atoms with van der Waals surface area (Å²) in [4.78, 5) is 39.7. The molecule has 8 atom stereocenters. The molecule has 35 heavy (non-hydrogen) atoms. The van der Waals surface area contributed by atoms with Gasteiger partial charge in [-0.25, -0.2) is 0 Å². The van der Waals surface area contributed by atoms with Gasteiger partial charge in [0.15, 0.2) is 0 Å². The molecule has 0 amide bonds. The van der Waals surface area contributed by atoms with E-state index in [9.17, 15) is 14.4 Å². The number of allylic oxidation sites excluding steroid dienone is 2. The van der Waals surface area contributed by atoms with E-state index in [-0.39, 0.29) is 51.8 Å². The summed E-state index contributed by atoms with van der Waals surface area (Å²) < 4.78 is 5.40. The molecule has 0 aliphatic heterocycles. The molecule has 4 nitrogen and oxygen atoms in total. The van der Waals surface area contributed by atoms with Crippen LogP contribution in [0.4, 0.5) is 0 Å². The van der Waals surface area contributed by atoms with Crippen LogP contribution in [0.5, 0.6) is 0 Å². The molecule has 196 valence electrons. The van der Waals surface area contributed by atoms with E-state index < -0.39 is 10.8 Å². The highest BCUT2D eigenvalue weighted by molar-refractivity contribution is 5.86. The summed E-state index contributed by atoms with van der Waals surface area (Å²) in [5, 5.41) is 0. The standard InChI is InChI=1S/C31H48O4/c1-9-12-30(7)23(28(4,5)19-32)11-13-29(6)20-10-14-31(26(34)35-8)16-15-27(2,3)18-21(31)25(20)22(33)17-24(29)30/h9,12,19-21,23-25H,10-11,13-18H2,1-8H3/b12-9-. The number of esters is 1. The molecule has 0 saturated heterocycles. The summed E-state index contributed by atoms with van der Waals surface area (Å²) in [5.74, 6) is 0.974. The van der Waals surface area contributed by atoms with Crippen LogP contribution in [0.1, 0.15) is 99.8 Å². The normalized spacial score (nSPS) is 45.3. The van der Waals surface area contributed by atoms with Crippen LogP contribution in [0.15, 0.2) is 12.2 Å². The van der Waals surface area contributed by atoms with Crippen LogP contribution >= 0.6 is 0 Å². The number of carbonyl (C=O) groups excluding carboxylic acids is 3. The van der Waals surface area contributed by atoms with Gasteiger partial charge < -0.3 is 9.53 Å². The van der Waals surface area contributed by atoms with Gasteiger partial charge in [-0.1, -0.05) is 53.7 Å². The highest BCUT2D eigenvalue weighted by Crippen LogP contribution is 2.70. The lowest BCUT2D eigenvalue weighted by molar-refractivity contribution is -0.198. The number of hydrogen-bond donors (Lipinski definition) is 0. The highest BCUT2D eigenvalue weighted by atomic mass is 16.5. The second kappa shape index (κ2) is 8.55. The molecule has 4 heteroatoms. The smallest absolute Gasteiger partial charge is 0.312 e. The summed E-state index contributed by atoms with van der Waals surface area (Å²) in [5.41, 5.74) is -1.00. The Bertz CT molecular complexity index is 915. The Hall–Kier alpha value is -1.45. The number of Topliss-reactive ketones (excluding diaryl/α,β-unsaturated/α-hetero) is 1. The first kappa shape index (κ1) is 26.6. The van der Waals surface area contributed by atoms with Gasteiger partial charge in [-0.15, -0.1) is 0 Å². The van der Waals surface area contributed by atoms with Crippen molar-refractivity contribution < 1.29 is 19.1 Å². The van der Waals surface area contributed by atoms with Crippen molar-refractivity contribution in [2.24, 2.45) is 56.7 Å². The monoisotopic (exact) mass is 484 g/mol. The van der Waals surface area contributed by atoms with Crippen molar-refractivity contribution in [3.8, 4) is 0 Å². The zero-order valence-corrected chi connectivity index (χ0v) is 23.4. The van der Waals surface area contributed by atoms with E-state index in [0.29, 0.717) is 12.2 Å². The third kappa shape index (κ3) is 3.79. The Balaban J connectivity index is 1.79. The molecular formula is C31H48O4. The number of carbonyl (C=O) groups is 3. The molecule has 0 N–H and O–H groups in total. The van der Waals surface area contributed by atoms with E-state index in [0.717, 1.165) is 51.2 Å². The molecule has 4 rings (SSSR count). The Kier molecular flexibility index (Phi) is 6.50. The van der Waals surface area contributed by atoms with Crippen molar-refractivity contribution in [1.82, 2.24) is 0 Å². The van der Waals surface area contributed by atoms with Gasteiger partial charge in [0.1, 0.15) is 12.1 Å². The lowest BCUT2D eigenvalue weighted by atomic mass is 9.36. The largest absolute Gasteiger partial charge is 0.469 e. The second-order valence-electron chi connectivity index (χ2n) is 14.4. The average molecular weight is 485 g/mol. The van der Waals surface area contributed by atoms with E-state index in [1.165, 1.54) is 7.11 Å². The van der Waals surface area contributed by atoms with Gasteiger partial charge in [0.25, 0.3) is 0 Å².